The zero-order valence-electron chi connectivity index (χ0n) is 69.5. The van der Waals surface area contributed by atoms with Crippen LogP contribution in [0.15, 0.2) is 471 Å². The highest BCUT2D eigenvalue weighted by atomic mass is 32.2. The molecule has 0 saturated heterocycles. The Morgan fingerprint density at radius 3 is 0.466 bits per heavy atom. The first kappa shape index (κ1) is 84.0. The minimum Gasteiger partial charge on any atom is -0.457 e. The number of aryl methyl sites for hydroxylation is 6. The second-order valence-corrected chi connectivity index (χ2v) is 39.3. The third kappa shape index (κ3) is 23.7. The van der Waals surface area contributed by atoms with Crippen LogP contribution in [-0.4, -0.2) is 0 Å². The molecule has 0 amide bonds. The van der Waals surface area contributed by atoms with E-state index in [-0.39, 0.29) is 54.4 Å². The summed E-state index contributed by atoms with van der Waals surface area (Å²) >= 11 is 0. The zero-order chi connectivity index (χ0) is 82.4. The van der Waals surface area contributed by atoms with Gasteiger partial charge in [-0.25, -0.2) is 0 Å². The Bertz CT molecular complexity index is 5620. The van der Waals surface area contributed by atoms with Crippen molar-refractivity contribution in [3.8, 4) is 46.0 Å². The molecule has 4 nitrogen and oxygen atoms in total. The monoisotopic (exact) mass is 1620 g/mol. The third-order valence-electron chi connectivity index (χ3n) is 19.6. The van der Waals surface area contributed by atoms with Crippen molar-refractivity contribution in [2.45, 2.75) is 153 Å². The van der Waals surface area contributed by atoms with E-state index in [1.807, 2.05) is 72.8 Å². The van der Waals surface area contributed by atoms with Crippen molar-refractivity contribution in [3.05, 3.63) is 457 Å². The largest absolute Gasteiger partial charge is 0.457 e. The molecule has 0 fully saturated rings. The Hall–Kier alpha value is -11.9. The maximum absolute atomic E-state index is 6.11. The molecule has 2 unspecified atom stereocenters. The number of benzene rings is 16. The Balaban J connectivity index is 0.000000136. The smallest absolute Gasteiger partial charge is 0.166 e. The summed E-state index contributed by atoms with van der Waals surface area (Å²) in [6.07, 6.45) is 0. The lowest BCUT2D eigenvalue weighted by Gasteiger charge is -2.19. The first-order chi connectivity index (χ1) is 57.2. The van der Waals surface area contributed by atoms with E-state index in [9.17, 15) is 0 Å². The number of ether oxygens (including phenoxy) is 4. The number of rotatable bonds is 20. The molecule has 0 aromatic heterocycles. The van der Waals surface area contributed by atoms with Crippen molar-refractivity contribution < 1.29 is 18.9 Å². The van der Waals surface area contributed by atoms with Crippen LogP contribution in [0.25, 0.3) is 0 Å². The first-order valence-electron chi connectivity index (χ1n) is 40.1. The zero-order valence-corrected chi connectivity index (χ0v) is 72.8. The van der Waals surface area contributed by atoms with Gasteiger partial charge in [-0.1, -0.05) is 245 Å². The van der Waals surface area contributed by atoms with Gasteiger partial charge in [0.1, 0.15) is 46.0 Å². The lowest BCUT2D eigenvalue weighted by atomic mass is 9.87. The van der Waals surface area contributed by atoms with Crippen molar-refractivity contribution in [2.75, 3.05) is 0 Å². The average Bonchev–Trinajstić information content (AvgIpc) is 0.819. The summed E-state index contributed by atoms with van der Waals surface area (Å²) in [5.74, 6) is 6.84. The third-order valence-corrected chi connectivity index (χ3v) is 28.5. The van der Waals surface area contributed by atoms with Gasteiger partial charge in [0, 0.05) is 0 Å². The summed E-state index contributed by atoms with van der Waals surface area (Å²) in [5.41, 5.74) is 10.6. The van der Waals surface area contributed by atoms with Gasteiger partial charge in [-0.05, 0) is 306 Å². The molecular formula is C110H104O4S4+4. The molecule has 0 spiro atoms. The molecule has 0 saturated carbocycles. The molecule has 0 N–H and O–H groups in total. The Morgan fingerprint density at radius 2 is 0.271 bits per heavy atom. The number of hydrogen-bond acceptors (Lipinski definition) is 4. The number of para-hydroxylation sites is 2. The topological polar surface area (TPSA) is 36.9 Å². The van der Waals surface area contributed by atoms with E-state index in [0.29, 0.717) is 0 Å². The van der Waals surface area contributed by atoms with Gasteiger partial charge in [-0.3, -0.25) is 0 Å². The predicted molar refractivity (Wildman–Crippen MR) is 498 cm³/mol. The van der Waals surface area contributed by atoms with Crippen molar-refractivity contribution in [1.82, 2.24) is 0 Å². The fraction of sp³-hybridized carbons (Fsp3) is 0.127. The minimum absolute atomic E-state index is 0.141. The predicted octanol–water partition coefficient (Wildman–Crippen LogP) is 30.7. The van der Waals surface area contributed by atoms with Gasteiger partial charge in [0.2, 0.25) is 0 Å². The summed E-state index contributed by atoms with van der Waals surface area (Å²) < 4.78 is 24.1. The van der Waals surface area contributed by atoms with Crippen LogP contribution in [0.4, 0.5) is 0 Å². The van der Waals surface area contributed by atoms with Crippen LogP contribution >= 0.6 is 0 Å². The van der Waals surface area contributed by atoms with Gasteiger partial charge >= 0.3 is 0 Å². The molecule has 0 aliphatic carbocycles. The molecule has 16 rings (SSSR count). The second-order valence-electron chi connectivity index (χ2n) is 31.2. The van der Waals surface area contributed by atoms with Gasteiger partial charge < -0.3 is 18.9 Å². The van der Waals surface area contributed by atoms with E-state index >= 15 is 0 Å². The molecule has 588 valence electrons. The van der Waals surface area contributed by atoms with Crippen molar-refractivity contribution >= 4 is 43.6 Å². The molecule has 0 heterocycles. The summed E-state index contributed by atoms with van der Waals surface area (Å²) in [4.78, 5) is 15.7. The molecule has 16 aromatic rings. The summed E-state index contributed by atoms with van der Waals surface area (Å²) in [5, 5.41) is 0. The molecule has 16 aromatic carbocycles. The minimum atomic E-state index is -0.160. The molecule has 118 heavy (non-hydrogen) atoms. The van der Waals surface area contributed by atoms with E-state index < -0.39 is 0 Å². The maximum Gasteiger partial charge on any atom is 0.166 e. The highest BCUT2D eigenvalue weighted by molar-refractivity contribution is 7.98. The van der Waals surface area contributed by atoms with E-state index in [0.717, 1.165) is 46.0 Å². The van der Waals surface area contributed by atoms with E-state index in [4.69, 9.17) is 18.9 Å². The van der Waals surface area contributed by atoms with Crippen LogP contribution in [0.2, 0.25) is 0 Å². The first-order valence-corrected chi connectivity index (χ1v) is 45.0. The highest BCUT2D eigenvalue weighted by Gasteiger charge is 2.33. The summed E-state index contributed by atoms with van der Waals surface area (Å²) in [7, 11) is -0.592. The van der Waals surface area contributed by atoms with Crippen LogP contribution in [0.1, 0.15) is 86.1 Å². The van der Waals surface area contributed by atoms with Gasteiger partial charge in [0.25, 0.3) is 0 Å². The van der Waals surface area contributed by atoms with Crippen molar-refractivity contribution in [3.63, 3.8) is 0 Å². The Labute approximate surface area is 712 Å². The summed E-state index contributed by atoms with van der Waals surface area (Å²) in [6.45, 7) is 26.2. The van der Waals surface area contributed by atoms with Crippen molar-refractivity contribution in [2.24, 2.45) is 0 Å². The molecule has 0 bridgehead atoms. The molecule has 0 radical (unpaired) electrons. The number of hydrogen-bond donors (Lipinski definition) is 0. The van der Waals surface area contributed by atoms with Crippen LogP contribution in [0.3, 0.4) is 0 Å². The molecule has 2 atom stereocenters. The van der Waals surface area contributed by atoms with Crippen LogP contribution < -0.4 is 18.9 Å². The van der Waals surface area contributed by atoms with Gasteiger partial charge in [-0.2, -0.15) is 0 Å². The standard InChI is InChI=1S/C29H29OS.C28H27OS.C27H25OS.C26H23OS/c1-22-10-18-27(19-11-22)31(26-8-6-5-7-9-26)28-20-16-25(17-21-28)30-24-14-12-23(13-15-24)29(2,3)4;1-28(2,3)22-14-18-26(19-15-22)30(25-12-8-5-9-13-25)27-20-16-24(17-21-27)29-23-10-6-4-7-11-23;1-20-4-10-23(11-5-20)28-24-12-18-27(19-13-24)29(25-14-6-21(2)7-15-25)26-16-8-22(3)9-17-26;1-20-8-14-24(15-9-20)28(25-16-10-21(2)11-17-25)26-18-12-23(13-19-26)27-22-6-4-3-5-7-22/h5-21H,1-4H3;4-21H,1-3H3;4-19H,1-3H3;3-19H,1-2H3/q4*+1. The van der Waals surface area contributed by atoms with E-state index in [1.165, 1.54) is 103 Å². The average molecular weight is 1620 g/mol. The van der Waals surface area contributed by atoms with Crippen molar-refractivity contribution in [1.29, 1.82) is 0 Å². The van der Waals surface area contributed by atoms with E-state index in [1.54, 1.807) is 0 Å². The van der Waals surface area contributed by atoms with Gasteiger partial charge in [-0.15, -0.1) is 0 Å². The SMILES string of the molecule is CC(C)(C)c1ccc([S+](c2ccccc2)c2ccc(Oc3ccccc3)cc2)cc1.Cc1ccc(Oc2ccc([S+](c3ccc(C)cc3)c3ccc(C)cc3)cc2)cc1.Cc1ccc([S+](c2ccc(C)cc2)c2ccc(Oc3ccccc3)cc2)cc1.Cc1ccc([S+](c2ccccc2)c2ccc(Oc3ccc(C(C)(C)C)cc3)cc2)cc1. The lowest BCUT2D eigenvalue weighted by molar-refractivity contribution is 0.481. The Morgan fingerprint density at radius 1 is 0.144 bits per heavy atom. The maximum atomic E-state index is 6.11. The van der Waals surface area contributed by atoms with Gasteiger partial charge in [0.05, 0.1) is 43.6 Å². The van der Waals surface area contributed by atoms with Crippen LogP contribution in [0.5, 0.6) is 46.0 Å². The molecule has 8 heteroatoms. The molecule has 0 aliphatic heterocycles. The summed E-state index contributed by atoms with van der Waals surface area (Å²) in [6, 6.07) is 145. The lowest BCUT2D eigenvalue weighted by Crippen LogP contribution is -2.11. The molecule has 0 aliphatic rings. The fourth-order valence-electron chi connectivity index (χ4n) is 12.9. The highest BCUT2D eigenvalue weighted by Crippen LogP contribution is 2.40. The Kier molecular flexibility index (Phi) is 28.7. The second kappa shape index (κ2) is 40.3. The fourth-order valence-corrected chi connectivity index (χ4v) is 21.1. The van der Waals surface area contributed by atoms with Crippen LogP contribution in [0, 0.1) is 41.5 Å². The van der Waals surface area contributed by atoms with E-state index in [2.05, 4.69) is 423 Å². The van der Waals surface area contributed by atoms with Gasteiger partial charge in [0.15, 0.2) is 58.7 Å². The molecular weight excluding hydrogens is 1510 g/mol. The van der Waals surface area contributed by atoms with Crippen LogP contribution in [-0.2, 0) is 54.4 Å². The quantitative estimate of drug-likeness (QED) is 0.0713. The normalized spacial score (nSPS) is 11.6.